The zero-order valence-corrected chi connectivity index (χ0v) is 10.3. The molecule has 0 unspecified atom stereocenters. The van der Waals surface area contributed by atoms with Gasteiger partial charge in [-0.15, -0.1) is 0 Å². The first-order valence-electron chi connectivity index (χ1n) is 5.71. The highest BCUT2D eigenvalue weighted by atomic mass is 16.5. The van der Waals surface area contributed by atoms with Crippen molar-refractivity contribution in [1.82, 2.24) is 15.0 Å². The SMILES string of the molecule is C=CCOc1nc(N=[N+]=[N-])nc(N2CCOCC2)n1. The second-order valence-electron chi connectivity index (χ2n) is 3.61. The lowest BCUT2D eigenvalue weighted by Gasteiger charge is -2.26. The molecule has 100 valence electrons. The largest absolute Gasteiger partial charge is 0.459 e. The quantitative estimate of drug-likeness (QED) is 0.342. The van der Waals surface area contributed by atoms with E-state index in [9.17, 15) is 0 Å². The van der Waals surface area contributed by atoms with Crippen LogP contribution in [0.5, 0.6) is 6.01 Å². The standard InChI is InChI=1S/C10H13N7O2/c1-2-5-19-10-13-8(15-16-11)12-9(14-10)17-3-6-18-7-4-17/h2H,1,3-7H2. The molecule has 1 fully saturated rings. The van der Waals surface area contributed by atoms with Gasteiger partial charge in [0.25, 0.3) is 0 Å². The van der Waals surface area contributed by atoms with Gasteiger partial charge in [0.15, 0.2) is 0 Å². The minimum atomic E-state index is -0.0157. The Kier molecular flexibility index (Phi) is 4.49. The fourth-order valence-electron chi connectivity index (χ4n) is 1.52. The monoisotopic (exact) mass is 263 g/mol. The smallest absolute Gasteiger partial charge is 0.321 e. The zero-order chi connectivity index (χ0) is 13.5. The molecule has 1 aliphatic heterocycles. The number of azide groups is 1. The average Bonchev–Trinajstić information content (AvgIpc) is 2.46. The van der Waals surface area contributed by atoms with E-state index in [-0.39, 0.29) is 18.6 Å². The number of ether oxygens (including phenoxy) is 2. The van der Waals surface area contributed by atoms with Crippen molar-refractivity contribution >= 4 is 11.9 Å². The number of rotatable bonds is 5. The van der Waals surface area contributed by atoms with E-state index in [0.29, 0.717) is 32.3 Å². The van der Waals surface area contributed by atoms with Crippen LogP contribution in [0.2, 0.25) is 0 Å². The summed E-state index contributed by atoms with van der Waals surface area (Å²) in [6.07, 6.45) is 1.57. The van der Waals surface area contributed by atoms with Crippen molar-refractivity contribution in [3.63, 3.8) is 0 Å². The van der Waals surface area contributed by atoms with Gasteiger partial charge in [-0.2, -0.15) is 15.0 Å². The minimum absolute atomic E-state index is 0.0157. The summed E-state index contributed by atoms with van der Waals surface area (Å²) >= 11 is 0. The van der Waals surface area contributed by atoms with Crippen LogP contribution in [-0.2, 0) is 4.74 Å². The topological polar surface area (TPSA) is 109 Å². The van der Waals surface area contributed by atoms with E-state index in [1.165, 1.54) is 0 Å². The van der Waals surface area contributed by atoms with Crippen molar-refractivity contribution < 1.29 is 9.47 Å². The molecule has 19 heavy (non-hydrogen) atoms. The van der Waals surface area contributed by atoms with Gasteiger partial charge in [-0.05, 0) is 10.6 Å². The molecule has 2 rings (SSSR count). The van der Waals surface area contributed by atoms with Gasteiger partial charge < -0.3 is 14.4 Å². The first-order valence-corrected chi connectivity index (χ1v) is 5.71. The normalized spacial score (nSPS) is 14.6. The van der Waals surface area contributed by atoms with Crippen LogP contribution in [0, 0.1) is 0 Å². The molecule has 1 aromatic rings. The predicted molar refractivity (Wildman–Crippen MR) is 67.4 cm³/mol. The fraction of sp³-hybridized carbons (Fsp3) is 0.500. The van der Waals surface area contributed by atoms with E-state index in [1.807, 2.05) is 4.90 Å². The third kappa shape index (κ3) is 3.54. The van der Waals surface area contributed by atoms with E-state index in [4.69, 9.17) is 15.0 Å². The zero-order valence-electron chi connectivity index (χ0n) is 10.3. The van der Waals surface area contributed by atoms with E-state index < -0.39 is 0 Å². The molecule has 0 aliphatic carbocycles. The summed E-state index contributed by atoms with van der Waals surface area (Å²) in [6.45, 7) is 6.35. The fourth-order valence-corrected chi connectivity index (χ4v) is 1.52. The van der Waals surface area contributed by atoms with Crippen LogP contribution < -0.4 is 9.64 Å². The molecule has 9 heteroatoms. The Hall–Kier alpha value is -2.38. The summed E-state index contributed by atoms with van der Waals surface area (Å²) in [4.78, 5) is 16.7. The highest BCUT2D eigenvalue weighted by Crippen LogP contribution is 2.17. The number of hydrogen-bond donors (Lipinski definition) is 0. The highest BCUT2D eigenvalue weighted by molar-refractivity contribution is 5.36. The predicted octanol–water partition coefficient (Wildman–Crippen LogP) is 1.21. The van der Waals surface area contributed by atoms with Crippen LogP contribution in [0.1, 0.15) is 0 Å². The van der Waals surface area contributed by atoms with Gasteiger partial charge in [0.05, 0.1) is 13.2 Å². The lowest BCUT2D eigenvalue weighted by atomic mass is 10.4. The number of morpholine rings is 1. The van der Waals surface area contributed by atoms with Gasteiger partial charge >= 0.3 is 6.01 Å². The molecule has 2 heterocycles. The van der Waals surface area contributed by atoms with Crippen molar-refractivity contribution in [3.05, 3.63) is 23.1 Å². The summed E-state index contributed by atoms with van der Waals surface area (Å²) in [5, 5.41) is 3.39. The van der Waals surface area contributed by atoms with Crippen LogP contribution in [0.3, 0.4) is 0 Å². The number of anilines is 1. The van der Waals surface area contributed by atoms with Crippen LogP contribution in [0.15, 0.2) is 17.8 Å². The third-order valence-corrected chi connectivity index (χ3v) is 2.35. The lowest BCUT2D eigenvalue weighted by molar-refractivity contribution is 0.122. The molecule has 1 aromatic heterocycles. The van der Waals surface area contributed by atoms with Crippen molar-refractivity contribution in [1.29, 1.82) is 0 Å². The van der Waals surface area contributed by atoms with Gasteiger partial charge in [-0.3, -0.25) is 0 Å². The summed E-state index contributed by atoms with van der Waals surface area (Å²) < 4.78 is 10.5. The molecule has 0 bridgehead atoms. The molecule has 0 aromatic carbocycles. The first kappa shape index (κ1) is 13.1. The number of nitrogens with zero attached hydrogens (tertiary/aromatic N) is 7. The summed E-state index contributed by atoms with van der Waals surface area (Å²) in [6, 6.07) is 0.110. The van der Waals surface area contributed by atoms with Gasteiger partial charge in [-0.1, -0.05) is 12.7 Å². The Morgan fingerprint density at radius 2 is 2.21 bits per heavy atom. The van der Waals surface area contributed by atoms with Gasteiger partial charge in [0, 0.05) is 18.0 Å². The molecule has 9 nitrogen and oxygen atoms in total. The van der Waals surface area contributed by atoms with E-state index in [2.05, 4.69) is 31.6 Å². The summed E-state index contributed by atoms with van der Waals surface area (Å²) in [5.41, 5.74) is 8.46. The molecule has 0 saturated carbocycles. The second kappa shape index (κ2) is 6.53. The maximum atomic E-state index is 8.46. The molecular weight excluding hydrogens is 250 g/mol. The molecule has 1 saturated heterocycles. The van der Waals surface area contributed by atoms with Gasteiger partial charge in [-0.25, -0.2) is 0 Å². The van der Waals surface area contributed by atoms with Crippen molar-refractivity contribution in [3.8, 4) is 6.01 Å². The molecule has 0 amide bonds. The van der Waals surface area contributed by atoms with E-state index >= 15 is 0 Å². The van der Waals surface area contributed by atoms with Crippen molar-refractivity contribution in [2.45, 2.75) is 0 Å². The van der Waals surface area contributed by atoms with Gasteiger partial charge in [0.1, 0.15) is 6.61 Å². The second-order valence-corrected chi connectivity index (χ2v) is 3.61. The third-order valence-electron chi connectivity index (χ3n) is 2.35. The minimum Gasteiger partial charge on any atom is -0.459 e. The number of aromatic nitrogens is 3. The first-order chi connectivity index (χ1) is 9.33. The maximum Gasteiger partial charge on any atom is 0.321 e. The summed E-state index contributed by atoms with van der Waals surface area (Å²) in [7, 11) is 0. The van der Waals surface area contributed by atoms with Crippen LogP contribution in [-0.4, -0.2) is 47.9 Å². The molecule has 0 radical (unpaired) electrons. The number of hydrogen-bond acceptors (Lipinski definition) is 7. The molecule has 0 spiro atoms. The van der Waals surface area contributed by atoms with E-state index in [1.54, 1.807) is 6.08 Å². The Bertz CT molecular complexity index is 495. The van der Waals surface area contributed by atoms with Crippen LogP contribution in [0.4, 0.5) is 11.9 Å². The van der Waals surface area contributed by atoms with Crippen LogP contribution >= 0.6 is 0 Å². The Labute approximate surface area is 109 Å². The highest BCUT2D eigenvalue weighted by Gasteiger charge is 2.16. The van der Waals surface area contributed by atoms with E-state index in [0.717, 1.165) is 0 Å². The maximum absolute atomic E-state index is 8.46. The lowest BCUT2D eigenvalue weighted by Crippen LogP contribution is -2.37. The molecular formula is C10H13N7O2. The Morgan fingerprint density at radius 1 is 1.42 bits per heavy atom. The van der Waals surface area contributed by atoms with Crippen molar-refractivity contribution in [2.24, 2.45) is 5.11 Å². The van der Waals surface area contributed by atoms with Crippen molar-refractivity contribution in [2.75, 3.05) is 37.8 Å². The molecule has 0 N–H and O–H groups in total. The summed E-state index contributed by atoms with van der Waals surface area (Å²) in [5.74, 6) is 0.401. The Balaban J connectivity index is 2.26. The van der Waals surface area contributed by atoms with Gasteiger partial charge in [0.2, 0.25) is 11.9 Å². The average molecular weight is 263 g/mol. The molecule has 0 atom stereocenters. The Morgan fingerprint density at radius 3 is 2.89 bits per heavy atom. The molecule has 1 aliphatic rings. The van der Waals surface area contributed by atoms with Crippen LogP contribution in [0.25, 0.3) is 10.4 Å².